The molecule has 2 saturated heterocycles. The first kappa shape index (κ1) is 27.7. The number of hydrogen-bond acceptors (Lipinski definition) is 4. The highest BCUT2D eigenvalue weighted by molar-refractivity contribution is 5.82. The maximum absolute atomic E-state index is 14.6. The van der Waals surface area contributed by atoms with Gasteiger partial charge in [-0.15, -0.1) is 0 Å². The molecule has 3 fully saturated rings. The predicted octanol–water partition coefficient (Wildman–Crippen LogP) is 0.554. The molecule has 7 rings (SSSR count). The maximum atomic E-state index is 14.6. The van der Waals surface area contributed by atoms with Crippen molar-refractivity contribution in [2.24, 2.45) is 11.8 Å². The smallest absolute Gasteiger partial charge is 0.248 e. The number of nitrogens with two attached hydrogens (primary N) is 1. The third kappa shape index (κ3) is 4.66. The first-order valence-electron chi connectivity index (χ1n) is 14.6. The molecule has 40 heavy (non-hydrogen) atoms. The highest BCUT2D eigenvalue weighted by Crippen LogP contribution is 2.48. The Morgan fingerprint density at radius 1 is 1.05 bits per heavy atom. The molecular formula is C31H38ClF2N3O3. The molecule has 1 spiro atoms. The van der Waals surface area contributed by atoms with Gasteiger partial charge in [0.15, 0.2) is 11.5 Å². The van der Waals surface area contributed by atoms with E-state index in [0.717, 1.165) is 49.5 Å². The molecule has 3 N–H and O–H groups in total. The van der Waals surface area contributed by atoms with Crippen LogP contribution in [0.5, 0.6) is 11.5 Å². The van der Waals surface area contributed by atoms with Gasteiger partial charge in [0.1, 0.15) is 5.92 Å². The van der Waals surface area contributed by atoms with Crippen molar-refractivity contribution in [3.05, 3.63) is 59.2 Å². The first-order chi connectivity index (χ1) is 19.0. The predicted molar refractivity (Wildman–Crippen MR) is 142 cm³/mol. The summed E-state index contributed by atoms with van der Waals surface area (Å²) in [5.74, 6) is -0.505. The van der Waals surface area contributed by atoms with Gasteiger partial charge in [0.05, 0.1) is 18.5 Å². The van der Waals surface area contributed by atoms with Gasteiger partial charge in [-0.25, -0.2) is 8.78 Å². The quantitative estimate of drug-likeness (QED) is 0.563. The molecule has 0 aromatic heterocycles. The van der Waals surface area contributed by atoms with Crippen molar-refractivity contribution in [1.82, 2.24) is 10.2 Å². The Labute approximate surface area is 240 Å². The van der Waals surface area contributed by atoms with Crippen molar-refractivity contribution in [1.29, 1.82) is 0 Å². The highest BCUT2D eigenvalue weighted by Gasteiger charge is 2.56. The molecule has 4 atom stereocenters. The van der Waals surface area contributed by atoms with Gasteiger partial charge in [0.25, 0.3) is 0 Å². The molecule has 1 saturated carbocycles. The Bertz CT molecular complexity index is 1240. The standard InChI is InChI=1S/C31H37F2N3O3.ClH/c32-31(33)11-8-21(9-12-31)26-14-22(20-4-2-1-3-5-20)10-13-36(26)29(37)25-16-35-18-30(25)17-34-15-23-24(30)6-7-27-28(23)39-19-38-27;/h1-7,21-22,25-26,34-35H,8-19H2;1H/t22-,25+,26+,30+;/m1./s1. The van der Waals surface area contributed by atoms with Crippen LogP contribution in [0.4, 0.5) is 8.78 Å². The summed E-state index contributed by atoms with van der Waals surface area (Å²) in [5, 5.41) is 5.87. The molecule has 2 aromatic rings. The van der Waals surface area contributed by atoms with Crippen molar-refractivity contribution >= 4 is 5.91 Å². The number of rotatable bonds is 3. The average molecular weight is 574 g/mol. The molecule has 6 nitrogen and oxygen atoms in total. The molecule has 0 radical (unpaired) electrons. The number of carbonyl (C=O) groups is 1. The molecule has 2 aromatic carbocycles. The summed E-state index contributed by atoms with van der Waals surface area (Å²) in [6.45, 7) is 3.93. The van der Waals surface area contributed by atoms with Gasteiger partial charge in [0.2, 0.25) is 18.6 Å². The van der Waals surface area contributed by atoms with E-state index in [0.29, 0.717) is 31.8 Å². The fraction of sp³-hybridized carbons (Fsp3) is 0.581. The summed E-state index contributed by atoms with van der Waals surface area (Å²) in [4.78, 5) is 16.7. The van der Waals surface area contributed by atoms with Crippen molar-refractivity contribution in [2.75, 3.05) is 33.0 Å². The number of halogens is 3. The summed E-state index contributed by atoms with van der Waals surface area (Å²) >= 11 is 0. The van der Waals surface area contributed by atoms with Gasteiger partial charge in [-0.1, -0.05) is 36.4 Å². The van der Waals surface area contributed by atoms with Gasteiger partial charge < -0.3 is 37.4 Å². The molecule has 4 heterocycles. The minimum Gasteiger partial charge on any atom is -1.00 e. The van der Waals surface area contributed by atoms with Crippen molar-refractivity contribution in [3.8, 4) is 11.5 Å². The highest BCUT2D eigenvalue weighted by atomic mass is 35.5. The Kier molecular flexibility index (Phi) is 7.47. The van der Waals surface area contributed by atoms with E-state index in [4.69, 9.17) is 9.47 Å². The number of fused-ring (bicyclic) bond motifs is 4. The second-order valence-corrected chi connectivity index (χ2v) is 12.3. The fourth-order valence-electron chi connectivity index (χ4n) is 8.28. The normalized spacial score (nSPS) is 31.1. The number of amides is 1. The molecule has 216 valence electrons. The Morgan fingerprint density at radius 3 is 2.65 bits per heavy atom. The van der Waals surface area contributed by atoms with Crippen LogP contribution in [0.15, 0.2) is 42.5 Å². The first-order valence-corrected chi connectivity index (χ1v) is 14.6. The molecule has 0 bridgehead atoms. The van der Waals surface area contributed by atoms with Crippen LogP contribution in [-0.4, -0.2) is 55.7 Å². The lowest BCUT2D eigenvalue weighted by molar-refractivity contribution is -0.640. The Hall–Kier alpha value is -2.42. The topological polar surface area (TPSA) is 67.4 Å². The average Bonchev–Trinajstić information content (AvgIpc) is 3.61. The number of nitrogens with one attached hydrogen (secondary N) is 1. The van der Waals surface area contributed by atoms with Gasteiger partial charge in [-0.2, -0.15) is 0 Å². The number of ether oxygens (including phenoxy) is 2. The van der Waals surface area contributed by atoms with Crippen molar-refractivity contribution in [3.63, 3.8) is 0 Å². The van der Waals surface area contributed by atoms with Crippen LogP contribution < -0.4 is 32.5 Å². The monoisotopic (exact) mass is 573 g/mol. The van der Waals surface area contributed by atoms with Crippen LogP contribution in [-0.2, 0) is 16.8 Å². The minimum atomic E-state index is -2.58. The lowest BCUT2D eigenvalue weighted by Gasteiger charge is -2.47. The van der Waals surface area contributed by atoms with E-state index in [9.17, 15) is 13.6 Å². The second-order valence-electron chi connectivity index (χ2n) is 12.3. The zero-order valence-corrected chi connectivity index (χ0v) is 23.5. The number of quaternary nitrogens is 1. The maximum Gasteiger partial charge on any atom is 0.248 e. The van der Waals surface area contributed by atoms with E-state index in [1.54, 1.807) is 0 Å². The van der Waals surface area contributed by atoms with Gasteiger partial charge in [0, 0.05) is 44.1 Å². The second kappa shape index (κ2) is 10.8. The third-order valence-electron chi connectivity index (χ3n) is 10.3. The number of carbonyl (C=O) groups excluding carboxylic acids is 1. The summed E-state index contributed by atoms with van der Waals surface area (Å²) in [6.07, 6.45) is 2.59. The van der Waals surface area contributed by atoms with E-state index < -0.39 is 5.92 Å². The van der Waals surface area contributed by atoms with E-state index in [1.807, 2.05) is 12.1 Å². The molecule has 1 amide bonds. The van der Waals surface area contributed by atoms with Crippen LogP contribution in [0.3, 0.4) is 0 Å². The van der Waals surface area contributed by atoms with Gasteiger partial charge in [-0.3, -0.25) is 4.79 Å². The minimum absolute atomic E-state index is 0. The van der Waals surface area contributed by atoms with E-state index >= 15 is 0 Å². The van der Waals surface area contributed by atoms with Gasteiger partial charge in [-0.05, 0) is 54.7 Å². The summed E-state index contributed by atoms with van der Waals surface area (Å²) in [6, 6.07) is 14.6. The largest absolute Gasteiger partial charge is 1.00 e. The number of nitrogens with zero attached hydrogens (tertiary/aromatic N) is 1. The molecule has 0 unspecified atom stereocenters. The lowest BCUT2D eigenvalue weighted by atomic mass is 9.67. The van der Waals surface area contributed by atoms with Crippen LogP contribution in [0, 0.1) is 11.8 Å². The zero-order valence-electron chi connectivity index (χ0n) is 22.7. The zero-order chi connectivity index (χ0) is 26.6. The van der Waals surface area contributed by atoms with E-state index in [1.165, 1.54) is 11.1 Å². The molecule has 4 aliphatic heterocycles. The number of benzene rings is 2. The Morgan fingerprint density at radius 2 is 1.85 bits per heavy atom. The summed E-state index contributed by atoms with van der Waals surface area (Å²) in [7, 11) is 0. The van der Waals surface area contributed by atoms with Crippen molar-refractivity contribution in [2.45, 2.75) is 68.4 Å². The lowest BCUT2D eigenvalue weighted by Crippen LogP contribution is -3.00. The number of alkyl halides is 2. The van der Waals surface area contributed by atoms with Crippen LogP contribution in [0.1, 0.15) is 61.1 Å². The van der Waals surface area contributed by atoms with E-state index in [2.05, 4.69) is 45.9 Å². The molecule has 1 aliphatic carbocycles. The summed E-state index contributed by atoms with van der Waals surface area (Å²) < 4.78 is 39.8. The molecule has 5 aliphatic rings. The number of hydrogen-bond donors (Lipinski definition) is 2. The SMILES string of the molecule is O=C([C@@H]1C[NH2+]C[C@]12CNCc1c2ccc2c1OCO2)N1CC[C@@H](c2ccccc2)C[C@H]1C1CCC(F)(F)CC1.[Cl-]. The van der Waals surface area contributed by atoms with E-state index in [-0.39, 0.29) is 61.2 Å². The Balaban J connectivity index is 0.00000289. The van der Waals surface area contributed by atoms with Crippen LogP contribution >= 0.6 is 0 Å². The molecule has 9 heteroatoms. The van der Waals surface area contributed by atoms with Gasteiger partial charge >= 0.3 is 0 Å². The van der Waals surface area contributed by atoms with Crippen LogP contribution in [0.2, 0.25) is 0 Å². The van der Waals surface area contributed by atoms with Crippen LogP contribution in [0.25, 0.3) is 0 Å². The number of piperidine rings is 1. The fourth-order valence-corrected chi connectivity index (χ4v) is 8.28. The molecular weight excluding hydrogens is 536 g/mol. The summed E-state index contributed by atoms with van der Waals surface area (Å²) in [5.41, 5.74) is 3.28. The number of likely N-dealkylation sites (tertiary alicyclic amines) is 1. The van der Waals surface area contributed by atoms with Crippen molar-refractivity contribution < 1.29 is 40.8 Å². The third-order valence-corrected chi connectivity index (χ3v) is 10.3.